The average molecular weight is 266 g/mol. The zero-order valence-electron chi connectivity index (χ0n) is 10.9. The maximum Gasteiger partial charge on any atom is 0.236 e. The Morgan fingerprint density at radius 2 is 1.10 bits per heavy atom. The van der Waals surface area contributed by atoms with Gasteiger partial charge in [-0.3, -0.25) is 0 Å². The van der Waals surface area contributed by atoms with Crippen LogP contribution in [0.2, 0.25) is 0 Å². The van der Waals surface area contributed by atoms with E-state index >= 15 is 0 Å². The standard InChI is InChI=1S/C13H12.C3H2N2O2/c1-3-7-12(8-4-1)11-13-9-5-2-6-10-13;6-2-4-1-5-3-7/h1-10H,11H2;1H2. The molecular weight excluding hydrogens is 252 g/mol. The molecule has 0 aliphatic rings. The number of carbonyl (C=O) groups excluding carboxylic acids is 2. The first-order valence-electron chi connectivity index (χ1n) is 6.02. The molecule has 0 N–H and O–H groups in total. The predicted molar refractivity (Wildman–Crippen MR) is 76.8 cm³/mol. The number of benzene rings is 2. The van der Waals surface area contributed by atoms with Gasteiger partial charge in [0.2, 0.25) is 12.2 Å². The molecule has 2 rings (SSSR count). The minimum atomic E-state index is -0.160. The Kier molecular flexibility index (Phi) is 7.75. The first-order valence-corrected chi connectivity index (χ1v) is 6.02. The molecule has 20 heavy (non-hydrogen) atoms. The third-order valence-corrected chi connectivity index (χ3v) is 2.36. The fourth-order valence-electron chi connectivity index (χ4n) is 1.52. The minimum absolute atomic E-state index is 0.160. The van der Waals surface area contributed by atoms with Crippen molar-refractivity contribution in [3.8, 4) is 0 Å². The molecule has 0 heterocycles. The van der Waals surface area contributed by atoms with Crippen molar-refractivity contribution in [2.24, 2.45) is 9.98 Å². The Balaban J connectivity index is 0.000000246. The van der Waals surface area contributed by atoms with Crippen LogP contribution in [-0.4, -0.2) is 18.8 Å². The van der Waals surface area contributed by atoms with Crippen molar-refractivity contribution >= 4 is 12.2 Å². The zero-order chi connectivity index (χ0) is 14.5. The largest absolute Gasteiger partial charge is 0.236 e. The van der Waals surface area contributed by atoms with Gasteiger partial charge in [-0.2, -0.15) is 9.98 Å². The van der Waals surface area contributed by atoms with E-state index in [0.717, 1.165) is 6.42 Å². The highest BCUT2D eigenvalue weighted by Gasteiger charge is 1.92. The lowest BCUT2D eigenvalue weighted by Crippen LogP contribution is -1.85. The maximum absolute atomic E-state index is 9.20. The van der Waals surface area contributed by atoms with Gasteiger partial charge < -0.3 is 0 Å². The Morgan fingerprint density at radius 3 is 1.45 bits per heavy atom. The molecule has 0 atom stereocenters. The number of isocyanates is 2. The van der Waals surface area contributed by atoms with Crippen LogP contribution in [0.25, 0.3) is 0 Å². The number of rotatable bonds is 4. The van der Waals surface area contributed by atoms with Crippen molar-refractivity contribution in [2.75, 3.05) is 6.67 Å². The molecule has 0 saturated heterocycles. The summed E-state index contributed by atoms with van der Waals surface area (Å²) in [7, 11) is 0. The molecule has 0 aliphatic heterocycles. The molecule has 0 saturated carbocycles. The quantitative estimate of drug-likeness (QED) is 0.631. The van der Waals surface area contributed by atoms with Gasteiger partial charge in [-0.25, -0.2) is 9.59 Å². The summed E-state index contributed by atoms with van der Waals surface area (Å²) in [5.74, 6) is 0. The molecular formula is C16H14N2O2. The molecule has 100 valence electrons. The highest BCUT2D eigenvalue weighted by Crippen LogP contribution is 2.07. The maximum atomic E-state index is 9.20. The van der Waals surface area contributed by atoms with Crippen LogP contribution in [-0.2, 0) is 16.0 Å². The zero-order valence-corrected chi connectivity index (χ0v) is 10.9. The number of nitrogens with zero attached hydrogens (tertiary/aromatic N) is 2. The summed E-state index contributed by atoms with van der Waals surface area (Å²) < 4.78 is 0. The van der Waals surface area contributed by atoms with Gasteiger partial charge in [0.05, 0.1) is 0 Å². The highest BCUT2D eigenvalue weighted by atomic mass is 16.1. The topological polar surface area (TPSA) is 58.9 Å². The Bertz CT molecular complexity index is 531. The van der Waals surface area contributed by atoms with Crippen LogP contribution in [0.5, 0.6) is 0 Å². The van der Waals surface area contributed by atoms with E-state index in [1.165, 1.54) is 23.3 Å². The van der Waals surface area contributed by atoms with E-state index < -0.39 is 0 Å². The first kappa shape index (κ1) is 15.3. The third kappa shape index (κ3) is 6.82. The number of hydrogen-bond donors (Lipinski definition) is 0. The Morgan fingerprint density at radius 1 is 0.700 bits per heavy atom. The van der Waals surface area contributed by atoms with Crippen molar-refractivity contribution < 1.29 is 9.59 Å². The highest BCUT2D eigenvalue weighted by molar-refractivity contribution is 5.35. The van der Waals surface area contributed by atoms with E-state index in [-0.39, 0.29) is 6.67 Å². The van der Waals surface area contributed by atoms with Crippen LogP contribution < -0.4 is 0 Å². The summed E-state index contributed by atoms with van der Waals surface area (Å²) in [6.45, 7) is -0.160. The average Bonchev–Trinajstić information content (AvgIpc) is 2.51. The van der Waals surface area contributed by atoms with Crippen molar-refractivity contribution in [2.45, 2.75) is 6.42 Å². The van der Waals surface area contributed by atoms with Crippen molar-refractivity contribution in [1.29, 1.82) is 0 Å². The van der Waals surface area contributed by atoms with Crippen LogP contribution in [0, 0.1) is 0 Å². The van der Waals surface area contributed by atoms with E-state index in [0.29, 0.717) is 0 Å². The molecule has 0 fully saturated rings. The second-order valence-electron chi connectivity index (χ2n) is 3.79. The summed E-state index contributed by atoms with van der Waals surface area (Å²) in [5, 5.41) is 0. The van der Waals surface area contributed by atoms with Gasteiger partial charge in [0.25, 0.3) is 0 Å². The van der Waals surface area contributed by atoms with Gasteiger partial charge in [0, 0.05) is 0 Å². The van der Waals surface area contributed by atoms with Crippen molar-refractivity contribution in [3.05, 3.63) is 71.8 Å². The van der Waals surface area contributed by atoms with E-state index in [4.69, 9.17) is 0 Å². The second-order valence-corrected chi connectivity index (χ2v) is 3.79. The van der Waals surface area contributed by atoms with E-state index in [1.807, 2.05) is 0 Å². The van der Waals surface area contributed by atoms with Gasteiger partial charge in [-0.1, -0.05) is 60.7 Å². The first-order chi connectivity index (χ1) is 9.86. The van der Waals surface area contributed by atoms with Crippen LogP contribution in [0.4, 0.5) is 0 Å². The van der Waals surface area contributed by atoms with Gasteiger partial charge in [-0.15, -0.1) is 0 Å². The van der Waals surface area contributed by atoms with E-state index in [2.05, 4.69) is 70.6 Å². The van der Waals surface area contributed by atoms with Gasteiger partial charge in [-0.05, 0) is 17.5 Å². The van der Waals surface area contributed by atoms with E-state index in [1.54, 1.807) is 0 Å². The van der Waals surface area contributed by atoms with Crippen LogP contribution in [0.3, 0.4) is 0 Å². The molecule has 0 bridgehead atoms. The molecule has 0 amide bonds. The number of hydrogen-bond acceptors (Lipinski definition) is 4. The van der Waals surface area contributed by atoms with Crippen LogP contribution in [0.1, 0.15) is 11.1 Å². The summed E-state index contributed by atoms with van der Waals surface area (Å²) in [4.78, 5) is 24.2. The molecule has 4 nitrogen and oxygen atoms in total. The lowest BCUT2D eigenvalue weighted by atomic mass is 10.1. The van der Waals surface area contributed by atoms with Gasteiger partial charge >= 0.3 is 0 Å². The molecule has 0 aliphatic carbocycles. The molecule has 0 radical (unpaired) electrons. The predicted octanol–water partition coefficient (Wildman–Crippen LogP) is 2.89. The molecule has 0 spiro atoms. The second kappa shape index (κ2) is 10.2. The summed E-state index contributed by atoms with van der Waals surface area (Å²) in [6, 6.07) is 21.1. The monoisotopic (exact) mass is 266 g/mol. The van der Waals surface area contributed by atoms with Crippen molar-refractivity contribution in [1.82, 2.24) is 0 Å². The molecule has 2 aromatic rings. The normalized spacial score (nSPS) is 8.40. The molecule has 0 unspecified atom stereocenters. The fourth-order valence-corrected chi connectivity index (χ4v) is 1.52. The molecule has 4 heteroatoms. The van der Waals surface area contributed by atoms with Gasteiger partial charge in [0.1, 0.15) is 0 Å². The van der Waals surface area contributed by atoms with E-state index in [9.17, 15) is 9.59 Å². The summed E-state index contributed by atoms with van der Waals surface area (Å²) in [5.41, 5.74) is 2.74. The Labute approximate surface area is 117 Å². The lowest BCUT2D eigenvalue weighted by molar-refractivity contribution is 0.560. The summed E-state index contributed by atoms with van der Waals surface area (Å²) in [6.07, 6.45) is 3.44. The molecule has 2 aromatic carbocycles. The minimum Gasteiger partial charge on any atom is -0.211 e. The number of aliphatic imine (C=N–C) groups is 2. The lowest BCUT2D eigenvalue weighted by Gasteiger charge is -2.00. The summed E-state index contributed by atoms with van der Waals surface area (Å²) >= 11 is 0. The van der Waals surface area contributed by atoms with Crippen LogP contribution >= 0.6 is 0 Å². The van der Waals surface area contributed by atoms with Gasteiger partial charge in [0.15, 0.2) is 6.67 Å². The smallest absolute Gasteiger partial charge is 0.211 e. The third-order valence-electron chi connectivity index (χ3n) is 2.36. The van der Waals surface area contributed by atoms with Crippen molar-refractivity contribution in [3.63, 3.8) is 0 Å². The molecule has 0 aromatic heterocycles. The SMILES string of the molecule is O=C=NCN=C=O.c1ccc(Cc2ccccc2)cc1. The van der Waals surface area contributed by atoms with Crippen LogP contribution in [0.15, 0.2) is 70.6 Å². The fraction of sp³-hybridized carbons (Fsp3) is 0.125. The Hall–Kier alpha value is -2.80.